The zero-order valence-corrected chi connectivity index (χ0v) is 25.0. The van der Waals surface area contributed by atoms with Gasteiger partial charge in [-0.15, -0.1) is 0 Å². The number of pyridine rings is 1. The number of nitrogens with one attached hydrogen (secondary N) is 4. The number of amides is 1. The van der Waals surface area contributed by atoms with E-state index < -0.39 is 23.0 Å². The van der Waals surface area contributed by atoms with Crippen molar-refractivity contribution in [2.45, 2.75) is 18.4 Å². The molecule has 234 valence electrons. The van der Waals surface area contributed by atoms with E-state index >= 15 is 8.78 Å². The largest absolute Gasteiger partial charge is 0.494 e. The lowest BCUT2D eigenvalue weighted by Crippen LogP contribution is -2.52. The average molecular weight is 619 g/mol. The third kappa shape index (κ3) is 5.50. The lowest BCUT2D eigenvalue weighted by molar-refractivity contribution is -0.111. The molecule has 0 radical (unpaired) electrons. The van der Waals surface area contributed by atoms with Gasteiger partial charge in [-0.2, -0.15) is 0 Å². The van der Waals surface area contributed by atoms with Crippen molar-refractivity contribution in [2.24, 2.45) is 0 Å². The molecule has 4 aromatic rings. The molecule has 2 aliphatic rings. The number of ether oxygens (including phenoxy) is 2. The second-order valence-corrected chi connectivity index (χ2v) is 10.9. The second kappa shape index (κ2) is 11.7. The first kappa shape index (κ1) is 29.9. The Morgan fingerprint density at radius 2 is 1.84 bits per heavy atom. The second-order valence-electron chi connectivity index (χ2n) is 10.9. The first-order valence-corrected chi connectivity index (χ1v) is 14.3. The number of carbonyl (C=O) groups excluding carboxylic acids is 2. The van der Waals surface area contributed by atoms with Crippen molar-refractivity contribution in [2.75, 3.05) is 61.8 Å². The number of halogens is 2. The number of rotatable bonds is 10. The van der Waals surface area contributed by atoms with Crippen LogP contribution in [0.2, 0.25) is 0 Å². The van der Waals surface area contributed by atoms with Crippen LogP contribution in [0.25, 0.3) is 11.0 Å². The number of hydrogen-bond acceptors (Lipinski definition) is 10. The van der Waals surface area contributed by atoms with Gasteiger partial charge in [-0.1, -0.05) is 6.58 Å². The molecule has 6 rings (SSSR count). The predicted molar refractivity (Wildman–Crippen MR) is 167 cm³/mol. The van der Waals surface area contributed by atoms with Gasteiger partial charge < -0.3 is 40.1 Å². The number of aromatic nitrogens is 1. The summed E-state index contributed by atoms with van der Waals surface area (Å²) in [5, 5.41) is 13.0. The summed E-state index contributed by atoms with van der Waals surface area (Å²) < 4.78 is 46.0. The number of ketones is 1. The smallest absolute Gasteiger partial charge is 0.247 e. The Morgan fingerprint density at radius 3 is 2.49 bits per heavy atom. The monoisotopic (exact) mass is 618 g/mol. The molecular weight excluding hydrogens is 586 g/mol. The van der Waals surface area contributed by atoms with E-state index in [0.717, 1.165) is 44.2 Å². The highest BCUT2D eigenvalue weighted by atomic mass is 19.1. The van der Waals surface area contributed by atoms with E-state index in [1.807, 2.05) is 18.2 Å². The number of furan rings is 1. The third-order valence-electron chi connectivity index (χ3n) is 8.14. The molecule has 3 heterocycles. The Morgan fingerprint density at radius 1 is 1.11 bits per heavy atom. The molecule has 2 aromatic carbocycles. The number of piperazine rings is 1. The van der Waals surface area contributed by atoms with Crippen LogP contribution in [0.5, 0.6) is 11.5 Å². The molecule has 13 heteroatoms. The fourth-order valence-electron chi connectivity index (χ4n) is 5.60. The normalized spacial score (nSPS) is 15.1. The molecule has 1 saturated heterocycles. The molecule has 1 aliphatic carbocycles. The summed E-state index contributed by atoms with van der Waals surface area (Å²) >= 11 is 0. The molecule has 4 N–H and O–H groups in total. The van der Waals surface area contributed by atoms with Gasteiger partial charge >= 0.3 is 0 Å². The standard InChI is InChI=1S/C32H32F2N6O5/c1-5-25(41)39-20-12-17(40-11-10-37-32(16-40)8-9-32)6-7-19(20)38-24-13-18-23(15-36-24)45-31(29(18)35-2)30(42)26-27(33)21(43-3)14-22(44-4)28(26)34/h5-7,12-15,35,37H,1,8-11,16H2,2-4H3,(H,36,38)(H,39,41). The average Bonchev–Trinajstić information content (AvgIpc) is 3.68. The van der Waals surface area contributed by atoms with Gasteiger partial charge in [0.2, 0.25) is 11.7 Å². The van der Waals surface area contributed by atoms with E-state index in [-0.39, 0.29) is 40.0 Å². The topological polar surface area (TPSA) is 130 Å². The zero-order valence-electron chi connectivity index (χ0n) is 25.0. The van der Waals surface area contributed by atoms with Gasteiger partial charge in [-0.3, -0.25) is 9.59 Å². The van der Waals surface area contributed by atoms with Crippen LogP contribution in [0.4, 0.5) is 37.3 Å². The van der Waals surface area contributed by atoms with E-state index in [9.17, 15) is 9.59 Å². The van der Waals surface area contributed by atoms with Crippen LogP contribution in [0.1, 0.15) is 29.0 Å². The molecule has 0 atom stereocenters. The predicted octanol–water partition coefficient (Wildman–Crippen LogP) is 5.21. The molecule has 0 unspecified atom stereocenters. The summed E-state index contributed by atoms with van der Waals surface area (Å²) in [5.74, 6) is -4.48. The molecule has 2 aromatic heterocycles. The van der Waals surface area contributed by atoms with Crippen LogP contribution in [0, 0.1) is 11.6 Å². The summed E-state index contributed by atoms with van der Waals surface area (Å²) in [6.07, 6.45) is 4.87. The fraction of sp³-hybridized carbons (Fsp3) is 0.281. The van der Waals surface area contributed by atoms with Crippen LogP contribution in [-0.4, -0.2) is 63.1 Å². The van der Waals surface area contributed by atoms with Gasteiger partial charge in [0.25, 0.3) is 0 Å². The lowest BCUT2D eigenvalue weighted by Gasteiger charge is -2.36. The van der Waals surface area contributed by atoms with Crippen molar-refractivity contribution in [1.29, 1.82) is 0 Å². The van der Waals surface area contributed by atoms with Crippen molar-refractivity contribution >= 4 is 51.2 Å². The van der Waals surface area contributed by atoms with Crippen molar-refractivity contribution in [3.63, 3.8) is 0 Å². The van der Waals surface area contributed by atoms with Crippen molar-refractivity contribution in [1.82, 2.24) is 10.3 Å². The summed E-state index contributed by atoms with van der Waals surface area (Å²) in [4.78, 5) is 32.6. The number of hydrogen-bond donors (Lipinski definition) is 4. The highest BCUT2D eigenvalue weighted by molar-refractivity contribution is 6.15. The van der Waals surface area contributed by atoms with Gasteiger partial charge in [-0.05, 0) is 43.2 Å². The van der Waals surface area contributed by atoms with Crippen molar-refractivity contribution in [3.05, 3.63) is 72.1 Å². The van der Waals surface area contributed by atoms with E-state index in [1.54, 1.807) is 13.1 Å². The van der Waals surface area contributed by atoms with Crippen molar-refractivity contribution in [3.8, 4) is 11.5 Å². The summed E-state index contributed by atoms with van der Waals surface area (Å²) in [6, 6.07) is 8.38. The fourth-order valence-corrected chi connectivity index (χ4v) is 5.60. The molecule has 1 spiro atoms. The molecular formula is C32H32F2N6O5. The van der Waals surface area contributed by atoms with Crippen LogP contribution in [0.3, 0.4) is 0 Å². The zero-order chi connectivity index (χ0) is 31.9. The van der Waals surface area contributed by atoms with Gasteiger partial charge in [0.15, 0.2) is 34.5 Å². The minimum Gasteiger partial charge on any atom is -0.494 e. The Bertz CT molecular complexity index is 1810. The Kier molecular flexibility index (Phi) is 7.79. The van der Waals surface area contributed by atoms with Crippen LogP contribution < -0.4 is 35.6 Å². The maximum absolute atomic E-state index is 15.2. The number of carbonyl (C=O) groups is 2. The molecule has 1 saturated carbocycles. The maximum Gasteiger partial charge on any atom is 0.247 e. The molecule has 0 bridgehead atoms. The Balaban J connectivity index is 1.35. The third-order valence-corrected chi connectivity index (χ3v) is 8.14. The van der Waals surface area contributed by atoms with Crippen LogP contribution >= 0.6 is 0 Å². The number of nitrogens with zero attached hydrogens (tertiary/aromatic N) is 2. The number of anilines is 5. The Labute approximate surface area is 257 Å². The minimum atomic E-state index is -1.19. The molecule has 11 nitrogen and oxygen atoms in total. The number of methoxy groups -OCH3 is 2. The lowest BCUT2D eigenvalue weighted by atomic mass is 10.0. The van der Waals surface area contributed by atoms with E-state index in [1.165, 1.54) is 26.5 Å². The highest BCUT2D eigenvalue weighted by Gasteiger charge is 2.45. The summed E-state index contributed by atoms with van der Waals surface area (Å²) in [7, 11) is 3.94. The van der Waals surface area contributed by atoms with Gasteiger partial charge in [0, 0.05) is 49.4 Å². The van der Waals surface area contributed by atoms with Gasteiger partial charge in [0.1, 0.15) is 11.4 Å². The molecule has 2 fully saturated rings. The van der Waals surface area contributed by atoms with Gasteiger partial charge in [0.05, 0.1) is 37.5 Å². The Hall–Kier alpha value is -5.17. The van der Waals surface area contributed by atoms with Crippen LogP contribution in [0.15, 0.2) is 53.6 Å². The number of fused-ring (bicyclic) bond motifs is 1. The van der Waals surface area contributed by atoms with E-state index in [2.05, 4.69) is 37.7 Å². The first-order chi connectivity index (χ1) is 21.7. The van der Waals surface area contributed by atoms with Gasteiger partial charge in [-0.25, -0.2) is 13.8 Å². The van der Waals surface area contributed by atoms with Crippen molar-refractivity contribution < 1.29 is 32.3 Å². The molecule has 1 aliphatic heterocycles. The minimum absolute atomic E-state index is 0.172. The number of benzene rings is 2. The molecule has 45 heavy (non-hydrogen) atoms. The molecule has 1 amide bonds. The maximum atomic E-state index is 15.2. The SMILES string of the molecule is C=CC(=O)Nc1cc(N2CCNC3(CC3)C2)ccc1Nc1cc2c(NC)c(C(=O)c3c(F)c(OC)cc(OC)c3F)oc2cn1. The quantitative estimate of drug-likeness (QED) is 0.139. The summed E-state index contributed by atoms with van der Waals surface area (Å²) in [5.41, 5.74) is 1.75. The first-order valence-electron chi connectivity index (χ1n) is 14.3. The van der Waals surface area contributed by atoms with E-state index in [0.29, 0.717) is 22.6 Å². The van der Waals surface area contributed by atoms with Crippen LogP contribution in [-0.2, 0) is 4.79 Å². The highest BCUT2D eigenvalue weighted by Crippen LogP contribution is 2.41. The summed E-state index contributed by atoms with van der Waals surface area (Å²) in [6.45, 7) is 6.17. The van der Waals surface area contributed by atoms with E-state index in [4.69, 9.17) is 13.9 Å².